The van der Waals surface area contributed by atoms with Gasteiger partial charge in [-0.2, -0.15) is 5.10 Å². The van der Waals surface area contributed by atoms with E-state index >= 15 is 0 Å². The highest BCUT2D eigenvalue weighted by Crippen LogP contribution is 2.19. The number of benzene rings is 3. The van der Waals surface area contributed by atoms with Crippen LogP contribution < -0.4 is 5.43 Å². The van der Waals surface area contributed by atoms with Crippen molar-refractivity contribution in [3.05, 3.63) is 105 Å². The number of anilines is 1. The van der Waals surface area contributed by atoms with E-state index < -0.39 is 9.85 Å². The van der Waals surface area contributed by atoms with Crippen molar-refractivity contribution in [3.8, 4) is 0 Å². The number of nitrogens with one attached hydrogen (secondary N) is 1. The molecule has 0 bridgehead atoms. The minimum absolute atomic E-state index is 0.0272. The first-order valence-electron chi connectivity index (χ1n) is 8.33. The van der Waals surface area contributed by atoms with Gasteiger partial charge in [-0.1, -0.05) is 30.3 Å². The molecule has 0 aromatic heterocycles. The van der Waals surface area contributed by atoms with Gasteiger partial charge in [-0.3, -0.25) is 25.7 Å². The Morgan fingerprint density at radius 3 is 1.86 bits per heavy atom. The molecule has 1 N–H and O–H groups in total. The number of hydrogen-bond donors (Lipinski definition) is 1. The number of hydrazone groups is 1. The van der Waals surface area contributed by atoms with E-state index in [1.807, 2.05) is 18.2 Å². The summed E-state index contributed by atoms with van der Waals surface area (Å²) < 4.78 is 0. The molecule has 29 heavy (non-hydrogen) atoms. The van der Waals surface area contributed by atoms with Crippen molar-refractivity contribution in [3.63, 3.8) is 0 Å². The number of nitrogens with zero attached hydrogens (tertiary/aromatic N) is 5. The summed E-state index contributed by atoms with van der Waals surface area (Å²) in [6, 6.07) is 20.5. The number of amidine groups is 1. The molecule has 0 aliphatic carbocycles. The summed E-state index contributed by atoms with van der Waals surface area (Å²) >= 11 is 0. The second-order valence-electron chi connectivity index (χ2n) is 5.69. The number of nitro groups is 2. The van der Waals surface area contributed by atoms with E-state index in [0.29, 0.717) is 16.9 Å². The average molecular weight is 390 g/mol. The van der Waals surface area contributed by atoms with Crippen molar-refractivity contribution >= 4 is 28.6 Å². The molecular formula is C19H14N6O4. The molecule has 144 valence electrons. The Hall–Kier alpha value is -4.47. The predicted octanol–water partition coefficient (Wildman–Crippen LogP) is 5.06. The van der Waals surface area contributed by atoms with Crippen molar-refractivity contribution < 1.29 is 9.85 Å². The van der Waals surface area contributed by atoms with Crippen LogP contribution in [0.1, 0.15) is 5.56 Å². The van der Waals surface area contributed by atoms with Gasteiger partial charge in [0.15, 0.2) is 0 Å². The number of non-ortho nitro benzene ring substituents is 2. The summed E-state index contributed by atoms with van der Waals surface area (Å²) in [4.78, 5) is 20.5. The number of nitro benzene ring substituents is 2. The molecule has 0 heterocycles. The van der Waals surface area contributed by atoms with Crippen LogP contribution in [0.15, 0.2) is 94.2 Å². The molecule has 0 aliphatic rings. The van der Waals surface area contributed by atoms with Crippen molar-refractivity contribution in [2.75, 3.05) is 5.43 Å². The third-order valence-corrected chi connectivity index (χ3v) is 3.72. The first-order chi connectivity index (χ1) is 14.0. The summed E-state index contributed by atoms with van der Waals surface area (Å²) in [5, 5.41) is 33.9. The van der Waals surface area contributed by atoms with Crippen LogP contribution in [0.25, 0.3) is 0 Å². The Labute approximate surface area is 164 Å². The summed E-state index contributed by atoms with van der Waals surface area (Å²) in [6.45, 7) is 0. The van der Waals surface area contributed by atoms with Crippen LogP contribution in [0.2, 0.25) is 0 Å². The molecule has 3 rings (SSSR count). The summed E-state index contributed by atoms with van der Waals surface area (Å²) in [5.41, 5.74) is 4.37. The first kappa shape index (κ1) is 19.3. The lowest BCUT2D eigenvalue weighted by Gasteiger charge is -2.03. The van der Waals surface area contributed by atoms with Gasteiger partial charge in [-0.05, 0) is 24.3 Å². The molecule has 0 saturated carbocycles. The quantitative estimate of drug-likeness (QED) is 0.206. The van der Waals surface area contributed by atoms with Gasteiger partial charge in [0.05, 0.1) is 21.2 Å². The van der Waals surface area contributed by atoms with Crippen LogP contribution in [0.5, 0.6) is 0 Å². The Balaban J connectivity index is 1.83. The molecule has 0 spiro atoms. The molecule has 0 atom stereocenters. The highest BCUT2D eigenvalue weighted by molar-refractivity contribution is 5.99. The van der Waals surface area contributed by atoms with Crippen molar-refractivity contribution in [1.82, 2.24) is 0 Å². The zero-order chi connectivity index (χ0) is 20.6. The number of hydrogen-bond acceptors (Lipinski definition) is 7. The molecule has 0 fully saturated rings. The summed E-state index contributed by atoms with van der Waals surface area (Å²) in [7, 11) is 0. The average Bonchev–Trinajstić information content (AvgIpc) is 2.75. The van der Waals surface area contributed by atoms with Gasteiger partial charge in [0.2, 0.25) is 5.84 Å². The smallest absolute Gasteiger partial charge is 0.269 e. The lowest BCUT2D eigenvalue weighted by Crippen LogP contribution is -2.01. The van der Waals surface area contributed by atoms with E-state index in [0.717, 1.165) is 0 Å². The van der Waals surface area contributed by atoms with Gasteiger partial charge >= 0.3 is 0 Å². The van der Waals surface area contributed by atoms with Gasteiger partial charge in [-0.25, -0.2) is 0 Å². The fourth-order valence-electron chi connectivity index (χ4n) is 2.25. The number of azo groups is 1. The van der Waals surface area contributed by atoms with Crippen LogP contribution in [0.4, 0.5) is 22.7 Å². The van der Waals surface area contributed by atoms with Crippen LogP contribution in [0.3, 0.4) is 0 Å². The molecule has 3 aromatic rings. The standard InChI is InChI=1S/C19H14N6O4/c26-24(27)17-10-6-15(7-11-17)20-22-19(14-4-2-1-3-5-14)23-21-16-8-12-18(13-9-16)25(28)29/h1-13,20H/b22-19-,23-21+. The SMILES string of the molecule is O=[N+]([O-])c1ccc(/N=N/C(=N\Nc2ccc([N+](=O)[O-])cc2)c2ccccc2)cc1. The molecule has 0 saturated heterocycles. The second kappa shape index (κ2) is 8.95. The Kier molecular flexibility index (Phi) is 5.96. The van der Waals surface area contributed by atoms with Crippen LogP contribution in [0, 0.1) is 20.2 Å². The van der Waals surface area contributed by atoms with E-state index in [-0.39, 0.29) is 17.2 Å². The fraction of sp³-hybridized carbons (Fsp3) is 0. The van der Waals surface area contributed by atoms with Crippen molar-refractivity contribution in [2.24, 2.45) is 15.3 Å². The van der Waals surface area contributed by atoms with E-state index in [1.54, 1.807) is 12.1 Å². The molecule has 0 radical (unpaired) electrons. The Bertz CT molecular complexity index is 1060. The third kappa shape index (κ3) is 5.26. The lowest BCUT2D eigenvalue weighted by molar-refractivity contribution is -0.385. The lowest BCUT2D eigenvalue weighted by atomic mass is 10.2. The fourth-order valence-corrected chi connectivity index (χ4v) is 2.25. The number of rotatable bonds is 6. The molecule has 3 aromatic carbocycles. The predicted molar refractivity (Wildman–Crippen MR) is 107 cm³/mol. The molecule has 0 unspecified atom stereocenters. The monoisotopic (exact) mass is 390 g/mol. The van der Waals surface area contributed by atoms with E-state index in [9.17, 15) is 20.2 Å². The largest absolute Gasteiger partial charge is 0.276 e. The molecule has 10 nitrogen and oxygen atoms in total. The third-order valence-electron chi connectivity index (χ3n) is 3.72. The maximum atomic E-state index is 10.7. The van der Waals surface area contributed by atoms with E-state index in [2.05, 4.69) is 20.8 Å². The summed E-state index contributed by atoms with van der Waals surface area (Å²) in [6.07, 6.45) is 0. The van der Waals surface area contributed by atoms with Gasteiger partial charge < -0.3 is 0 Å². The minimum Gasteiger partial charge on any atom is -0.276 e. The maximum Gasteiger partial charge on any atom is 0.269 e. The molecule has 0 aliphatic heterocycles. The Morgan fingerprint density at radius 1 is 0.759 bits per heavy atom. The van der Waals surface area contributed by atoms with Crippen molar-refractivity contribution in [2.45, 2.75) is 0 Å². The Morgan fingerprint density at radius 2 is 1.31 bits per heavy atom. The highest BCUT2D eigenvalue weighted by Gasteiger charge is 2.06. The van der Waals surface area contributed by atoms with Gasteiger partial charge in [-0.15, -0.1) is 10.2 Å². The normalized spacial score (nSPS) is 11.4. The van der Waals surface area contributed by atoms with Crippen LogP contribution in [-0.2, 0) is 0 Å². The van der Waals surface area contributed by atoms with Gasteiger partial charge in [0.25, 0.3) is 11.4 Å². The zero-order valence-corrected chi connectivity index (χ0v) is 14.9. The summed E-state index contributed by atoms with van der Waals surface area (Å²) in [5.74, 6) is 0.266. The van der Waals surface area contributed by atoms with Crippen LogP contribution >= 0.6 is 0 Å². The zero-order valence-electron chi connectivity index (χ0n) is 14.9. The molecule has 0 amide bonds. The first-order valence-corrected chi connectivity index (χ1v) is 8.33. The van der Waals surface area contributed by atoms with E-state index in [4.69, 9.17) is 0 Å². The second-order valence-corrected chi connectivity index (χ2v) is 5.69. The minimum atomic E-state index is -0.494. The highest BCUT2D eigenvalue weighted by atomic mass is 16.6. The van der Waals surface area contributed by atoms with Gasteiger partial charge in [0, 0.05) is 29.8 Å². The maximum absolute atomic E-state index is 10.7. The molecular weight excluding hydrogens is 376 g/mol. The topological polar surface area (TPSA) is 135 Å². The van der Waals surface area contributed by atoms with Gasteiger partial charge in [0.1, 0.15) is 0 Å². The van der Waals surface area contributed by atoms with Crippen LogP contribution in [-0.4, -0.2) is 15.7 Å². The van der Waals surface area contributed by atoms with E-state index in [1.165, 1.54) is 48.5 Å². The van der Waals surface area contributed by atoms with Crippen molar-refractivity contribution in [1.29, 1.82) is 0 Å². The molecule has 10 heteroatoms.